The summed E-state index contributed by atoms with van der Waals surface area (Å²) >= 11 is 4.12. The lowest BCUT2D eigenvalue weighted by Gasteiger charge is -2.58. The van der Waals surface area contributed by atoms with Crippen molar-refractivity contribution in [2.75, 3.05) is 6.61 Å². The van der Waals surface area contributed by atoms with Crippen LogP contribution >= 0.6 is 12.6 Å². The second-order valence-corrected chi connectivity index (χ2v) is 18.0. The Bertz CT molecular complexity index is 1090. The van der Waals surface area contributed by atoms with Crippen LogP contribution in [-0.4, -0.2) is 69.1 Å². The van der Waals surface area contributed by atoms with E-state index in [1.165, 1.54) is 51.4 Å². The van der Waals surface area contributed by atoms with Gasteiger partial charge in [0.15, 0.2) is 0 Å². The first-order valence-corrected chi connectivity index (χ1v) is 20.4. The Morgan fingerprint density at radius 2 is 1.69 bits per heavy atom. The first kappa shape index (κ1) is 38.8. The van der Waals surface area contributed by atoms with Crippen LogP contribution in [0.3, 0.4) is 0 Å². The summed E-state index contributed by atoms with van der Waals surface area (Å²) in [5.74, 6) is 5.46. The van der Waals surface area contributed by atoms with Gasteiger partial charge in [0, 0.05) is 6.61 Å². The van der Waals surface area contributed by atoms with Crippen molar-refractivity contribution in [2.45, 2.75) is 173 Å². The van der Waals surface area contributed by atoms with Gasteiger partial charge in [-0.2, -0.15) is 0 Å². The first-order valence-electron chi connectivity index (χ1n) is 19.9. The maximum atomic E-state index is 10.5. The molecule has 15 atom stereocenters. The number of rotatable bonds is 14. The molecule has 0 radical (unpaired) electrons. The molecule has 4 N–H and O–H groups in total. The van der Waals surface area contributed by atoms with Crippen molar-refractivity contribution in [2.24, 2.45) is 52.3 Å². The van der Waals surface area contributed by atoms with Crippen LogP contribution < -0.4 is 0 Å². The number of hydrogen-bond donors (Lipinski definition) is 5. The van der Waals surface area contributed by atoms with Crippen molar-refractivity contribution in [3.8, 4) is 0 Å². The SMILES string of the molecule is CC[C@H](C=C[C@@H](C)[C@H]1CCC2C3CC=C4C[C@H](OCCCCCCC(O)[C@H]5O[C@@H](S)[C@@H](O)[C@@H](O)[C@@H]5O)CC[C@]4(C)C3CC[C@@]21C)C(C)C. The third-order valence-electron chi connectivity index (χ3n) is 14.5. The standard InChI is InChI=1S/C41H70O6S/c1-7-27(25(2)3)14-13-26(4)31-17-18-32-30-16-15-28-24-29(19-21-40(28,5)33(30)20-22-41(31,32)6)46-23-11-9-8-10-12-34(42)38-36(44)35(43)37(45)39(48)47-38/h13-15,25-27,29-39,42-45,48H,7-12,16-24H2,1-6H3/t26-,27-,29-,30?,31-,32?,33?,34?,35+,36+,37+,38-,39+,40+,41-/m1/s1. The van der Waals surface area contributed by atoms with Crippen molar-refractivity contribution in [3.63, 3.8) is 0 Å². The molecule has 6 nitrogen and oxygen atoms in total. The molecule has 4 fully saturated rings. The van der Waals surface area contributed by atoms with E-state index in [2.05, 4.69) is 72.4 Å². The van der Waals surface area contributed by atoms with E-state index in [-0.39, 0.29) is 0 Å². The molecule has 1 aliphatic heterocycles. The highest BCUT2D eigenvalue weighted by atomic mass is 32.1. The molecule has 5 aliphatic rings. The fourth-order valence-corrected chi connectivity index (χ4v) is 11.7. The number of aliphatic hydroxyl groups excluding tert-OH is 4. The highest BCUT2D eigenvalue weighted by Crippen LogP contribution is 2.67. The molecule has 0 spiro atoms. The molecule has 0 amide bonds. The molecule has 3 saturated carbocycles. The van der Waals surface area contributed by atoms with Gasteiger partial charge in [0.1, 0.15) is 29.9 Å². The average Bonchev–Trinajstić information content (AvgIpc) is 3.42. The number of unbranched alkanes of at least 4 members (excludes halogenated alkanes) is 3. The molecule has 7 heteroatoms. The van der Waals surface area contributed by atoms with E-state index in [1.54, 1.807) is 5.57 Å². The second-order valence-electron chi connectivity index (χ2n) is 17.5. The van der Waals surface area contributed by atoms with Gasteiger partial charge in [-0.1, -0.05) is 84.6 Å². The summed E-state index contributed by atoms with van der Waals surface area (Å²) in [5, 5.41) is 40.6. The second kappa shape index (κ2) is 16.5. The summed E-state index contributed by atoms with van der Waals surface area (Å²) < 4.78 is 11.9. The minimum atomic E-state index is -1.37. The van der Waals surface area contributed by atoms with Gasteiger partial charge in [-0.05, 0) is 123 Å². The van der Waals surface area contributed by atoms with Crippen LogP contribution in [0.2, 0.25) is 0 Å². The van der Waals surface area contributed by atoms with Crippen LogP contribution in [0.25, 0.3) is 0 Å². The lowest BCUT2D eigenvalue weighted by molar-refractivity contribution is -0.221. The number of allylic oxidation sites excluding steroid dienone is 3. The summed E-state index contributed by atoms with van der Waals surface area (Å²) in [6.45, 7) is 15.6. The molecule has 5 rings (SSSR count). The minimum Gasteiger partial charge on any atom is -0.390 e. The van der Waals surface area contributed by atoms with E-state index in [4.69, 9.17) is 9.47 Å². The highest BCUT2D eigenvalue weighted by molar-refractivity contribution is 7.80. The fraction of sp³-hybridized carbons (Fsp3) is 0.902. The lowest BCUT2D eigenvalue weighted by atomic mass is 9.47. The molecule has 1 heterocycles. The quantitative estimate of drug-likeness (QED) is 0.0723. The van der Waals surface area contributed by atoms with Gasteiger partial charge in [-0.3, -0.25) is 0 Å². The van der Waals surface area contributed by atoms with Gasteiger partial charge in [-0.25, -0.2) is 0 Å². The molecule has 48 heavy (non-hydrogen) atoms. The molecule has 0 aromatic heterocycles. The fourth-order valence-electron chi connectivity index (χ4n) is 11.4. The average molecular weight is 691 g/mol. The molecule has 0 bridgehead atoms. The zero-order valence-electron chi connectivity index (χ0n) is 31.0. The number of fused-ring (bicyclic) bond motifs is 5. The van der Waals surface area contributed by atoms with Gasteiger partial charge in [0.05, 0.1) is 12.2 Å². The molecule has 0 aromatic rings. The molecule has 276 valence electrons. The van der Waals surface area contributed by atoms with Crippen LogP contribution in [0.1, 0.15) is 131 Å². The molecular weight excluding hydrogens is 621 g/mol. The van der Waals surface area contributed by atoms with Crippen LogP contribution in [0, 0.1) is 52.3 Å². The normalized spacial score (nSPS) is 43.4. The third kappa shape index (κ3) is 7.98. The van der Waals surface area contributed by atoms with Crippen LogP contribution in [0.4, 0.5) is 0 Å². The van der Waals surface area contributed by atoms with E-state index in [0.717, 1.165) is 68.3 Å². The van der Waals surface area contributed by atoms with E-state index in [1.807, 2.05) is 0 Å². The Balaban J connectivity index is 1.05. The van der Waals surface area contributed by atoms with Crippen molar-refractivity contribution in [1.29, 1.82) is 0 Å². The highest BCUT2D eigenvalue weighted by Gasteiger charge is 2.59. The number of thiol groups is 1. The van der Waals surface area contributed by atoms with Gasteiger partial charge < -0.3 is 29.9 Å². The Labute approximate surface area is 297 Å². The number of ether oxygens (including phenoxy) is 2. The third-order valence-corrected chi connectivity index (χ3v) is 14.9. The van der Waals surface area contributed by atoms with E-state index >= 15 is 0 Å². The van der Waals surface area contributed by atoms with Crippen LogP contribution in [0.5, 0.6) is 0 Å². The van der Waals surface area contributed by atoms with Gasteiger partial charge in [-0.15, -0.1) is 12.6 Å². The largest absolute Gasteiger partial charge is 0.390 e. The Kier molecular flexibility index (Phi) is 13.3. The predicted molar refractivity (Wildman–Crippen MR) is 197 cm³/mol. The Morgan fingerprint density at radius 3 is 2.42 bits per heavy atom. The van der Waals surface area contributed by atoms with Gasteiger partial charge in [0.2, 0.25) is 0 Å². The topological polar surface area (TPSA) is 99.4 Å². The molecule has 0 aromatic carbocycles. The summed E-state index contributed by atoms with van der Waals surface area (Å²) in [4.78, 5) is 0. The molecule has 4 unspecified atom stereocenters. The van der Waals surface area contributed by atoms with Crippen molar-refractivity contribution in [1.82, 2.24) is 0 Å². The lowest BCUT2D eigenvalue weighted by Crippen LogP contribution is -2.59. The van der Waals surface area contributed by atoms with Gasteiger partial charge >= 0.3 is 0 Å². The smallest absolute Gasteiger partial charge is 0.129 e. The maximum Gasteiger partial charge on any atom is 0.129 e. The van der Waals surface area contributed by atoms with Crippen molar-refractivity contribution >= 4 is 12.6 Å². The molecule has 1 saturated heterocycles. The maximum absolute atomic E-state index is 10.5. The first-order chi connectivity index (χ1) is 22.8. The van der Waals surface area contributed by atoms with Crippen molar-refractivity contribution in [3.05, 3.63) is 23.8 Å². The Morgan fingerprint density at radius 1 is 0.938 bits per heavy atom. The number of hydrogen-bond acceptors (Lipinski definition) is 7. The Hall–Kier alpha value is -0.410. The van der Waals surface area contributed by atoms with Crippen molar-refractivity contribution < 1.29 is 29.9 Å². The zero-order chi connectivity index (χ0) is 34.8. The zero-order valence-corrected chi connectivity index (χ0v) is 31.9. The molecular formula is C41H70O6S. The summed E-state index contributed by atoms with van der Waals surface area (Å²) in [6.07, 6.45) is 18.3. The minimum absolute atomic E-state index is 0.332. The van der Waals surface area contributed by atoms with E-state index < -0.39 is 36.0 Å². The van der Waals surface area contributed by atoms with Gasteiger partial charge in [0.25, 0.3) is 0 Å². The summed E-state index contributed by atoms with van der Waals surface area (Å²) in [6, 6.07) is 0. The summed E-state index contributed by atoms with van der Waals surface area (Å²) in [7, 11) is 0. The van der Waals surface area contributed by atoms with E-state index in [0.29, 0.717) is 35.2 Å². The summed E-state index contributed by atoms with van der Waals surface area (Å²) in [5.41, 5.74) is 1.59. The number of aliphatic hydroxyl groups is 4. The van der Waals surface area contributed by atoms with E-state index in [9.17, 15) is 20.4 Å². The monoisotopic (exact) mass is 690 g/mol. The predicted octanol–water partition coefficient (Wildman–Crippen LogP) is 7.87. The van der Waals surface area contributed by atoms with Crippen LogP contribution in [-0.2, 0) is 9.47 Å². The molecule has 4 aliphatic carbocycles. The van der Waals surface area contributed by atoms with Crippen LogP contribution in [0.15, 0.2) is 23.8 Å².